The first-order valence-corrected chi connectivity index (χ1v) is 14.7. The molecule has 0 bridgehead atoms. The smallest absolute Gasteiger partial charge is 0.337 e. The number of rotatable bonds is 13. The SMILES string of the molecule is CC(C)=CCCC(C)=CCCC(C)=CCCC(C)=CCCC1=CC(=O)O[C@]2(C[C@H](C)CC[C@H]2C(C)C)O1. The quantitative estimate of drug-likeness (QED) is 0.183. The van der Waals surface area contributed by atoms with Crippen molar-refractivity contribution in [2.24, 2.45) is 17.8 Å². The first-order chi connectivity index (χ1) is 17.5. The molecule has 0 unspecified atom stereocenters. The Morgan fingerprint density at radius 1 is 0.865 bits per heavy atom. The molecule has 2 aliphatic rings. The molecule has 3 heteroatoms. The predicted molar refractivity (Wildman–Crippen MR) is 157 cm³/mol. The zero-order chi connectivity index (χ0) is 27.4. The molecule has 3 atom stereocenters. The number of ether oxygens (including phenoxy) is 2. The summed E-state index contributed by atoms with van der Waals surface area (Å²) >= 11 is 0. The molecule has 0 amide bonds. The summed E-state index contributed by atoms with van der Waals surface area (Å²) in [6.45, 7) is 17.7. The second-order valence-electron chi connectivity index (χ2n) is 12.3. The third-order valence-corrected chi connectivity index (χ3v) is 7.87. The summed E-state index contributed by atoms with van der Waals surface area (Å²) in [4.78, 5) is 12.5. The number of hydrogen-bond donors (Lipinski definition) is 0. The molecule has 0 radical (unpaired) electrons. The van der Waals surface area contributed by atoms with Gasteiger partial charge >= 0.3 is 5.97 Å². The number of esters is 1. The average molecular weight is 511 g/mol. The second kappa shape index (κ2) is 15.4. The predicted octanol–water partition coefficient (Wildman–Crippen LogP) is 10.2. The first-order valence-electron chi connectivity index (χ1n) is 14.7. The monoisotopic (exact) mass is 510 g/mol. The van der Waals surface area contributed by atoms with Crippen LogP contribution < -0.4 is 0 Å². The van der Waals surface area contributed by atoms with Gasteiger partial charge in [0.2, 0.25) is 0 Å². The molecule has 1 aliphatic heterocycles. The lowest BCUT2D eigenvalue weighted by Gasteiger charge is -2.48. The molecular weight excluding hydrogens is 456 g/mol. The van der Waals surface area contributed by atoms with Gasteiger partial charge in [-0.1, -0.05) is 67.4 Å². The van der Waals surface area contributed by atoms with Crippen LogP contribution in [0.2, 0.25) is 0 Å². The van der Waals surface area contributed by atoms with E-state index in [0.29, 0.717) is 11.8 Å². The molecule has 0 aromatic rings. The normalized spacial score (nSPS) is 25.2. The summed E-state index contributed by atoms with van der Waals surface area (Å²) in [7, 11) is 0. The van der Waals surface area contributed by atoms with Gasteiger partial charge in [0.05, 0.1) is 6.08 Å². The number of carbonyl (C=O) groups is 1. The van der Waals surface area contributed by atoms with Crippen molar-refractivity contribution in [2.75, 3.05) is 0 Å². The van der Waals surface area contributed by atoms with E-state index in [1.807, 2.05) is 0 Å². The Morgan fingerprint density at radius 3 is 1.95 bits per heavy atom. The largest absolute Gasteiger partial charge is 0.456 e. The fourth-order valence-corrected chi connectivity index (χ4v) is 5.67. The summed E-state index contributed by atoms with van der Waals surface area (Å²) in [5, 5.41) is 0. The van der Waals surface area contributed by atoms with Gasteiger partial charge in [0.25, 0.3) is 5.79 Å². The average Bonchev–Trinajstić information content (AvgIpc) is 2.78. The standard InChI is InChI=1S/C34H54O3/c1-25(2)13-9-14-27(5)15-10-16-28(6)17-11-18-29(7)19-12-20-31-23-33(35)37-34(36-31)24-30(8)21-22-32(34)26(3)4/h13,15,17,19,23,26,30,32H,9-12,14,16,18,20-22,24H2,1-8H3/t30-,32+,34+/m1/s1. The summed E-state index contributed by atoms with van der Waals surface area (Å²) in [6.07, 6.45) is 22.4. The van der Waals surface area contributed by atoms with Crippen LogP contribution in [0.3, 0.4) is 0 Å². The third kappa shape index (κ3) is 11.1. The van der Waals surface area contributed by atoms with Gasteiger partial charge in [-0.3, -0.25) is 0 Å². The zero-order valence-corrected chi connectivity index (χ0v) is 25.1. The maximum Gasteiger partial charge on any atom is 0.337 e. The summed E-state index contributed by atoms with van der Waals surface area (Å²) < 4.78 is 12.4. The van der Waals surface area contributed by atoms with Gasteiger partial charge < -0.3 is 9.47 Å². The van der Waals surface area contributed by atoms with E-state index in [1.165, 1.54) is 35.1 Å². The lowest BCUT2D eigenvalue weighted by Crippen LogP contribution is -2.52. The Morgan fingerprint density at radius 2 is 1.41 bits per heavy atom. The minimum atomic E-state index is -0.770. The fourth-order valence-electron chi connectivity index (χ4n) is 5.67. The van der Waals surface area contributed by atoms with Crippen molar-refractivity contribution in [1.29, 1.82) is 0 Å². The van der Waals surface area contributed by atoms with Gasteiger partial charge in [-0.15, -0.1) is 0 Å². The Balaban J connectivity index is 1.78. The summed E-state index contributed by atoms with van der Waals surface area (Å²) in [6, 6.07) is 0. The molecule has 2 rings (SSSR count). The van der Waals surface area contributed by atoms with Crippen LogP contribution in [0, 0.1) is 17.8 Å². The lowest BCUT2D eigenvalue weighted by molar-refractivity contribution is -0.269. The van der Waals surface area contributed by atoms with Crippen molar-refractivity contribution in [3.63, 3.8) is 0 Å². The van der Waals surface area contributed by atoms with Crippen LogP contribution in [-0.2, 0) is 14.3 Å². The van der Waals surface area contributed by atoms with Gasteiger partial charge in [-0.25, -0.2) is 4.79 Å². The molecule has 208 valence electrons. The van der Waals surface area contributed by atoms with Crippen molar-refractivity contribution < 1.29 is 14.3 Å². The second-order valence-corrected chi connectivity index (χ2v) is 12.3. The Bertz CT molecular complexity index is 894. The van der Waals surface area contributed by atoms with E-state index < -0.39 is 5.79 Å². The van der Waals surface area contributed by atoms with Gasteiger partial charge in [0, 0.05) is 18.8 Å². The van der Waals surface area contributed by atoms with Gasteiger partial charge in [0.1, 0.15) is 5.76 Å². The topological polar surface area (TPSA) is 35.5 Å². The van der Waals surface area contributed by atoms with Crippen molar-refractivity contribution in [3.05, 3.63) is 58.4 Å². The summed E-state index contributed by atoms with van der Waals surface area (Å²) in [5.41, 5.74) is 5.78. The summed E-state index contributed by atoms with van der Waals surface area (Å²) in [5.74, 6) is 0.970. The van der Waals surface area contributed by atoms with Crippen LogP contribution in [0.1, 0.15) is 126 Å². The first kappa shape index (κ1) is 31.2. The van der Waals surface area contributed by atoms with Crippen LogP contribution in [-0.4, -0.2) is 11.8 Å². The molecule has 1 saturated carbocycles. The van der Waals surface area contributed by atoms with E-state index in [0.717, 1.165) is 63.5 Å². The van der Waals surface area contributed by atoms with Gasteiger partial charge in [0.15, 0.2) is 0 Å². The van der Waals surface area contributed by atoms with Crippen LogP contribution in [0.5, 0.6) is 0 Å². The number of hydrogen-bond acceptors (Lipinski definition) is 3. The van der Waals surface area contributed by atoms with E-state index in [4.69, 9.17) is 9.47 Å². The van der Waals surface area contributed by atoms with Gasteiger partial charge in [-0.2, -0.15) is 0 Å². The number of allylic oxidation sites excluding steroid dienone is 9. The molecule has 0 saturated heterocycles. The van der Waals surface area contributed by atoms with E-state index >= 15 is 0 Å². The third-order valence-electron chi connectivity index (χ3n) is 7.87. The fraction of sp³-hybridized carbons (Fsp3) is 0.676. The maximum absolute atomic E-state index is 12.5. The van der Waals surface area contributed by atoms with Crippen molar-refractivity contribution in [3.8, 4) is 0 Å². The molecule has 1 spiro atoms. The molecule has 1 fully saturated rings. The molecule has 37 heavy (non-hydrogen) atoms. The highest BCUT2D eigenvalue weighted by Crippen LogP contribution is 2.47. The van der Waals surface area contributed by atoms with E-state index in [9.17, 15) is 4.79 Å². The Hall–Kier alpha value is -2.03. The highest BCUT2D eigenvalue weighted by molar-refractivity contribution is 5.83. The lowest BCUT2D eigenvalue weighted by atomic mass is 9.72. The van der Waals surface area contributed by atoms with E-state index in [1.54, 1.807) is 6.08 Å². The highest BCUT2D eigenvalue weighted by Gasteiger charge is 2.51. The molecular formula is C34H54O3. The van der Waals surface area contributed by atoms with Crippen LogP contribution in [0.4, 0.5) is 0 Å². The van der Waals surface area contributed by atoms with E-state index in [2.05, 4.69) is 79.7 Å². The number of carbonyl (C=O) groups excluding carboxylic acids is 1. The molecule has 3 nitrogen and oxygen atoms in total. The molecule has 0 aromatic carbocycles. The van der Waals surface area contributed by atoms with Crippen molar-refractivity contribution in [2.45, 2.75) is 132 Å². The highest BCUT2D eigenvalue weighted by atomic mass is 16.7. The molecule has 0 N–H and O–H groups in total. The minimum absolute atomic E-state index is 0.236. The Labute approximate surface area is 228 Å². The van der Waals surface area contributed by atoms with Crippen LogP contribution >= 0.6 is 0 Å². The van der Waals surface area contributed by atoms with Crippen LogP contribution in [0.25, 0.3) is 0 Å². The van der Waals surface area contributed by atoms with Crippen LogP contribution in [0.15, 0.2) is 58.4 Å². The molecule has 1 heterocycles. The zero-order valence-electron chi connectivity index (χ0n) is 25.1. The Kier molecular flexibility index (Phi) is 13.0. The van der Waals surface area contributed by atoms with E-state index in [-0.39, 0.29) is 11.9 Å². The molecule has 0 aromatic heterocycles. The minimum Gasteiger partial charge on any atom is -0.456 e. The maximum atomic E-state index is 12.5. The van der Waals surface area contributed by atoms with Crippen molar-refractivity contribution in [1.82, 2.24) is 0 Å². The van der Waals surface area contributed by atoms with Gasteiger partial charge in [-0.05, 0) is 104 Å². The van der Waals surface area contributed by atoms with Crippen molar-refractivity contribution >= 4 is 5.97 Å². The molecule has 1 aliphatic carbocycles.